The average molecular weight is 185 g/mol. The van der Waals surface area contributed by atoms with Gasteiger partial charge in [0.25, 0.3) is 5.56 Å². The maximum Gasteiger partial charge on any atom is 0.258 e. The molecule has 0 fully saturated rings. The molecule has 0 unspecified atom stereocenters. The van der Waals surface area contributed by atoms with Crippen molar-refractivity contribution < 1.29 is 0 Å². The minimum absolute atomic E-state index is 0.169. The van der Waals surface area contributed by atoms with Crippen LogP contribution >= 0.6 is 0 Å². The number of hydrogen-bond acceptors (Lipinski definition) is 3. The number of nitriles is 1. The van der Waals surface area contributed by atoms with E-state index in [1.165, 1.54) is 0 Å². The Bertz CT molecular complexity index is 592. The van der Waals surface area contributed by atoms with E-state index in [1.54, 1.807) is 25.1 Å². The Morgan fingerprint density at radius 3 is 3.00 bits per heavy atom. The molecular formula is C10H7N3O. The summed E-state index contributed by atoms with van der Waals surface area (Å²) in [7, 11) is 0. The third-order valence-corrected chi connectivity index (χ3v) is 1.95. The molecule has 0 aliphatic heterocycles. The first-order valence-electron chi connectivity index (χ1n) is 4.11. The van der Waals surface area contributed by atoms with Gasteiger partial charge < -0.3 is 4.98 Å². The molecule has 68 valence electrons. The van der Waals surface area contributed by atoms with Gasteiger partial charge in [-0.3, -0.25) is 4.79 Å². The Kier molecular flexibility index (Phi) is 1.79. The van der Waals surface area contributed by atoms with Gasteiger partial charge in [0.1, 0.15) is 5.82 Å². The number of nitrogens with zero attached hydrogens (tertiary/aromatic N) is 2. The molecule has 2 aromatic rings. The Balaban J connectivity index is 2.90. The predicted octanol–water partition coefficient (Wildman–Crippen LogP) is 1.10. The van der Waals surface area contributed by atoms with Gasteiger partial charge in [-0.05, 0) is 25.1 Å². The van der Waals surface area contributed by atoms with Gasteiger partial charge in [0, 0.05) is 0 Å². The van der Waals surface area contributed by atoms with Crippen LogP contribution < -0.4 is 5.56 Å². The van der Waals surface area contributed by atoms with Gasteiger partial charge in [0.05, 0.1) is 22.5 Å². The molecule has 0 aliphatic carbocycles. The largest absolute Gasteiger partial charge is 0.310 e. The second-order valence-electron chi connectivity index (χ2n) is 3.00. The number of nitrogens with one attached hydrogen (secondary N) is 1. The van der Waals surface area contributed by atoms with Gasteiger partial charge in [0.15, 0.2) is 0 Å². The zero-order chi connectivity index (χ0) is 10.1. The molecule has 0 atom stereocenters. The second kappa shape index (κ2) is 2.96. The van der Waals surface area contributed by atoms with Crippen LogP contribution in [0.15, 0.2) is 23.0 Å². The van der Waals surface area contributed by atoms with E-state index in [0.29, 0.717) is 22.3 Å². The van der Waals surface area contributed by atoms with Crippen molar-refractivity contribution in [1.82, 2.24) is 9.97 Å². The van der Waals surface area contributed by atoms with E-state index in [2.05, 4.69) is 9.97 Å². The zero-order valence-corrected chi connectivity index (χ0v) is 7.53. The van der Waals surface area contributed by atoms with Gasteiger partial charge in [-0.2, -0.15) is 5.26 Å². The molecule has 2 rings (SSSR count). The van der Waals surface area contributed by atoms with Crippen molar-refractivity contribution in [2.45, 2.75) is 6.92 Å². The summed E-state index contributed by atoms with van der Waals surface area (Å²) in [6.45, 7) is 1.71. The van der Waals surface area contributed by atoms with Gasteiger partial charge in [-0.25, -0.2) is 4.98 Å². The Labute approximate surface area is 79.8 Å². The highest BCUT2D eigenvalue weighted by Gasteiger charge is 2.01. The number of hydrogen-bond donors (Lipinski definition) is 1. The lowest BCUT2D eigenvalue weighted by atomic mass is 10.2. The Morgan fingerprint density at radius 2 is 2.29 bits per heavy atom. The molecule has 1 aromatic heterocycles. The molecule has 0 radical (unpaired) electrons. The normalized spacial score (nSPS) is 10.0. The van der Waals surface area contributed by atoms with Crippen molar-refractivity contribution in [2.75, 3.05) is 0 Å². The van der Waals surface area contributed by atoms with Gasteiger partial charge in [-0.15, -0.1) is 0 Å². The van der Waals surface area contributed by atoms with Crippen LogP contribution in [0.4, 0.5) is 0 Å². The van der Waals surface area contributed by atoms with Crippen molar-refractivity contribution in [3.63, 3.8) is 0 Å². The van der Waals surface area contributed by atoms with Crippen molar-refractivity contribution in [2.24, 2.45) is 0 Å². The van der Waals surface area contributed by atoms with Crippen LogP contribution in [0.1, 0.15) is 11.4 Å². The number of aromatic amines is 1. The maximum atomic E-state index is 11.4. The van der Waals surface area contributed by atoms with Gasteiger partial charge in [0.2, 0.25) is 0 Å². The summed E-state index contributed by atoms with van der Waals surface area (Å²) in [4.78, 5) is 18.2. The highest BCUT2D eigenvalue weighted by atomic mass is 16.1. The molecule has 0 amide bonds. The molecule has 14 heavy (non-hydrogen) atoms. The van der Waals surface area contributed by atoms with Crippen LogP contribution in [0.3, 0.4) is 0 Å². The number of H-pyrrole nitrogens is 1. The second-order valence-corrected chi connectivity index (χ2v) is 3.00. The van der Waals surface area contributed by atoms with Crippen LogP contribution in [0.25, 0.3) is 10.9 Å². The number of fused-ring (bicyclic) bond motifs is 1. The quantitative estimate of drug-likeness (QED) is 0.668. The third-order valence-electron chi connectivity index (χ3n) is 1.95. The first kappa shape index (κ1) is 8.45. The fourth-order valence-electron chi connectivity index (χ4n) is 1.33. The standard InChI is InChI=1S/C10H7N3O/c1-6-12-9-4-7(5-11)2-3-8(9)10(14)13-6/h2-4H,1H3,(H,12,13,14). The van der Waals surface area contributed by atoms with Crippen LogP contribution in [0.2, 0.25) is 0 Å². The van der Waals surface area contributed by atoms with E-state index >= 15 is 0 Å². The summed E-state index contributed by atoms with van der Waals surface area (Å²) in [5, 5.41) is 9.18. The summed E-state index contributed by atoms with van der Waals surface area (Å²) in [6.07, 6.45) is 0. The molecule has 0 saturated heterocycles. The first-order valence-corrected chi connectivity index (χ1v) is 4.11. The fraction of sp³-hybridized carbons (Fsp3) is 0.100. The van der Waals surface area contributed by atoms with E-state index in [4.69, 9.17) is 5.26 Å². The Hall–Kier alpha value is -2.15. The maximum absolute atomic E-state index is 11.4. The lowest BCUT2D eigenvalue weighted by Gasteiger charge is -1.97. The van der Waals surface area contributed by atoms with Crippen molar-refractivity contribution in [1.29, 1.82) is 5.26 Å². The molecule has 4 heteroatoms. The summed E-state index contributed by atoms with van der Waals surface area (Å²) in [6, 6.07) is 6.83. The molecule has 1 heterocycles. The van der Waals surface area contributed by atoms with Crippen LogP contribution in [0, 0.1) is 18.3 Å². The zero-order valence-electron chi connectivity index (χ0n) is 7.53. The molecule has 4 nitrogen and oxygen atoms in total. The molecule has 0 saturated carbocycles. The highest BCUT2D eigenvalue weighted by Crippen LogP contribution is 2.09. The van der Waals surface area contributed by atoms with E-state index in [-0.39, 0.29) is 5.56 Å². The van der Waals surface area contributed by atoms with Crippen LogP contribution in [-0.4, -0.2) is 9.97 Å². The summed E-state index contributed by atoms with van der Waals surface area (Å²) < 4.78 is 0. The summed E-state index contributed by atoms with van der Waals surface area (Å²) >= 11 is 0. The van der Waals surface area contributed by atoms with Crippen molar-refractivity contribution in [3.05, 3.63) is 39.9 Å². The highest BCUT2D eigenvalue weighted by molar-refractivity contribution is 5.78. The lowest BCUT2D eigenvalue weighted by molar-refractivity contribution is 1.06. The molecule has 0 bridgehead atoms. The van der Waals surface area contributed by atoms with E-state index in [0.717, 1.165) is 0 Å². The topological polar surface area (TPSA) is 69.5 Å². The minimum Gasteiger partial charge on any atom is -0.310 e. The van der Waals surface area contributed by atoms with E-state index in [9.17, 15) is 4.79 Å². The van der Waals surface area contributed by atoms with Crippen molar-refractivity contribution in [3.8, 4) is 6.07 Å². The van der Waals surface area contributed by atoms with Gasteiger partial charge in [-0.1, -0.05) is 0 Å². The number of aryl methyl sites for hydroxylation is 1. The molecule has 0 spiro atoms. The average Bonchev–Trinajstić information content (AvgIpc) is 2.16. The Morgan fingerprint density at radius 1 is 1.50 bits per heavy atom. The monoisotopic (exact) mass is 185 g/mol. The lowest BCUT2D eigenvalue weighted by Crippen LogP contribution is -2.09. The van der Waals surface area contributed by atoms with Gasteiger partial charge >= 0.3 is 0 Å². The smallest absolute Gasteiger partial charge is 0.258 e. The molecule has 1 N–H and O–H groups in total. The SMILES string of the molecule is Cc1nc2cc(C#N)ccc2c(=O)[nH]1. The number of aromatic nitrogens is 2. The number of benzene rings is 1. The van der Waals surface area contributed by atoms with Crippen molar-refractivity contribution >= 4 is 10.9 Å². The number of rotatable bonds is 0. The third kappa shape index (κ3) is 1.25. The minimum atomic E-state index is -0.169. The fourth-order valence-corrected chi connectivity index (χ4v) is 1.33. The summed E-state index contributed by atoms with van der Waals surface area (Å²) in [5.74, 6) is 0.553. The van der Waals surface area contributed by atoms with E-state index < -0.39 is 0 Å². The van der Waals surface area contributed by atoms with Crippen LogP contribution in [-0.2, 0) is 0 Å². The van der Waals surface area contributed by atoms with E-state index in [1.807, 2.05) is 6.07 Å². The molecular weight excluding hydrogens is 178 g/mol. The first-order chi connectivity index (χ1) is 6.70. The predicted molar refractivity (Wildman–Crippen MR) is 51.8 cm³/mol. The summed E-state index contributed by atoms with van der Waals surface area (Å²) in [5.41, 5.74) is 0.900. The molecule has 0 aliphatic rings. The molecule has 1 aromatic carbocycles. The van der Waals surface area contributed by atoms with Crippen LogP contribution in [0.5, 0.6) is 0 Å².